The summed E-state index contributed by atoms with van der Waals surface area (Å²) >= 11 is 0. The summed E-state index contributed by atoms with van der Waals surface area (Å²) in [4.78, 5) is 7.81. The van der Waals surface area contributed by atoms with E-state index in [1.54, 1.807) is 6.92 Å². The Hall–Kier alpha value is -1.37. The first kappa shape index (κ1) is 11.7. The Bertz CT molecular complexity index is 415. The molecule has 1 rings (SSSR count). The van der Waals surface area contributed by atoms with Crippen molar-refractivity contribution in [1.82, 2.24) is 9.97 Å². The van der Waals surface area contributed by atoms with Crippen LogP contribution < -0.4 is 11.1 Å². The highest BCUT2D eigenvalue weighted by molar-refractivity contribution is 7.90. The largest absolute Gasteiger partial charge is 0.396 e. The third-order valence-corrected chi connectivity index (χ3v) is 2.71. The van der Waals surface area contributed by atoms with E-state index in [1.807, 2.05) is 0 Å². The van der Waals surface area contributed by atoms with Crippen molar-refractivity contribution in [2.24, 2.45) is 0 Å². The van der Waals surface area contributed by atoms with E-state index >= 15 is 0 Å². The predicted molar refractivity (Wildman–Crippen MR) is 59.2 cm³/mol. The lowest BCUT2D eigenvalue weighted by Gasteiger charge is -2.11. The highest BCUT2D eigenvalue weighted by atomic mass is 32.2. The molecule has 1 atom stereocenters. The Kier molecular flexibility index (Phi) is 3.46. The van der Waals surface area contributed by atoms with Crippen molar-refractivity contribution in [1.29, 1.82) is 0 Å². The second kappa shape index (κ2) is 4.43. The van der Waals surface area contributed by atoms with Crippen LogP contribution in [-0.2, 0) is 9.84 Å². The first-order valence-corrected chi connectivity index (χ1v) is 6.44. The van der Waals surface area contributed by atoms with Gasteiger partial charge < -0.3 is 11.1 Å². The van der Waals surface area contributed by atoms with Crippen molar-refractivity contribution < 1.29 is 8.42 Å². The van der Waals surface area contributed by atoms with Crippen LogP contribution in [0.5, 0.6) is 0 Å². The van der Waals surface area contributed by atoms with E-state index in [9.17, 15) is 8.42 Å². The lowest BCUT2D eigenvalue weighted by atomic mass is 10.4. The lowest BCUT2D eigenvalue weighted by Crippen LogP contribution is -2.25. The maximum atomic E-state index is 11.0. The molecular weight excluding hydrogens is 216 g/mol. The summed E-state index contributed by atoms with van der Waals surface area (Å²) in [6, 6.07) is -0.233. The number of nitrogens with one attached hydrogen (secondary N) is 1. The molecule has 1 heterocycles. The maximum Gasteiger partial charge on any atom is 0.222 e. The van der Waals surface area contributed by atoms with Crippen LogP contribution in [0.3, 0.4) is 0 Å². The normalized spacial score (nSPS) is 13.5. The van der Waals surface area contributed by atoms with Gasteiger partial charge in [0.15, 0.2) is 0 Å². The van der Waals surface area contributed by atoms with Crippen LogP contribution >= 0.6 is 0 Å². The SMILES string of the molecule is C[C@H](CS(C)(=O)=O)Nc1ncc(N)cn1. The first-order valence-electron chi connectivity index (χ1n) is 4.38. The van der Waals surface area contributed by atoms with Crippen LogP contribution in [-0.4, -0.2) is 36.4 Å². The van der Waals surface area contributed by atoms with Gasteiger partial charge in [0.25, 0.3) is 0 Å². The number of anilines is 2. The van der Waals surface area contributed by atoms with Crippen LogP contribution in [0.15, 0.2) is 12.4 Å². The highest BCUT2D eigenvalue weighted by Crippen LogP contribution is 2.03. The molecule has 0 aliphatic heterocycles. The summed E-state index contributed by atoms with van der Waals surface area (Å²) in [5.74, 6) is 0.418. The number of sulfone groups is 1. The van der Waals surface area contributed by atoms with Gasteiger partial charge in [-0.05, 0) is 6.92 Å². The molecule has 0 saturated carbocycles. The van der Waals surface area contributed by atoms with Crippen molar-refractivity contribution in [3.8, 4) is 0 Å². The number of nitrogens with zero attached hydrogens (tertiary/aromatic N) is 2. The number of aromatic nitrogens is 2. The zero-order valence-corrected chi connectivity index (χ0v) is 9.45. The summed E-state index contributed by atoms with van der Waals surface area (Å²) in [5, 5.41) is 2.87. The van der Waals surface area contributed by atoms with Crippen molar-refractivity contribution >= 4 is 21.5 Å². The number of hydrogen-bond donors (Lipinski definition) is 2. The van der Waals surface area contributed by atoms with Crippen molar-refractivity contribution in [3.05, 3.63) is 12.4 Å². The lowest BCUT2D eigenvalue weighted by molar-refractivity contribution is 0.597. The van der Waals surface area contributed by atoms with Gasteiger partial charge in [-0.1, -0.05) is 0 Å². The minimum absolute atomic E-state index is 0.0424. The van der Waals surface area contributed by atoms with Gasteiger partial charge in [-0.3, -0.25) is 0 Å². The fourth-order valence-electron chi connectivity index (χ4n) is 1.13. The molecule has 0 aliphatic rings. The average molecular weight is 230 g/mol. The molecule has 3 N–H and O–H groups in total. The molecule has 0 saturated heterocycles. The van der Waals surface area contributed by atoms with Gasteiger partial charge >= 0.3 is 0 Å². The molecule has 0 aromatic carbocycles. The highest BCUT2D eigenvalue weighted by Gasteiger charge is 2.10. The summed E-state index contributed by atoms with van der Waals surface area (Å²) in [6.45, 7) is 1.75. The molecule has 1 aromatic rings. The summed E-state index contributed by atoms with van der Waals surface area (Å²) in [7, 11) is -2.99. The molecule has 7 heteroatoms. The first-order chi connectivity index (χ1) is 6.87. The topological polar surface area (TPSA) is 98.0 Å². The summed E-state index contributed by atoms with van der Waals surface area (Å²) < 4.78 is 22.0. The zero-order valence-electron chi connectivity index (χ0n) is 8.64. The summed E-state index contributed by atoms with van der Waals surface area (Å²) in [6.07, 6.45) is 4.11. The Morgan fingerprint density at radius 2 is 2.00 bits per heavy atom. The Balaban J connectivity index is 2.59. The van der Waals surface area contributed by atoms with Crippen molar-refractivity contribution in [2.75, 3.05) is 23.1 Å². The van der Waals surface area contributed by atoms with E-state index in [2.05, 4.69) is 15.3 Å². The zero-order chi connectivity index (χ0) is 11.5. The van der Waals surface area contributed by atoms with E-state index < -0.39 is 9.84 Å². The number of hydrogen-bond acceptors (Lipinski definition) is 6. The van der Waals surface area contributed by atoms with Gasteiger partial charge in [0.2, 0.25) is 5.95 Å². The van der Waals surface area contributed by atoms with Gasteiger partial charge in [0.1, 0.15) is 9.84 Å². The monoisotopic (exact) mass is 230 g/mol. The van der Waals surface area contributed by atoms with E-state index in [0.29, 0.717) is 11.6 Å². The van der Waals surface area contributed by atoms with Gasteiger partial charge in [0, 0.05) is 12.3 Å². The third-order valence-electron chi connectivity index (χ3n) is 1.60. The Morgan fingerprint density at radius 1 is 1.47 bits per heavy atom. The molecular formula is C8H14N4O2S. The molecule has 6 nitrogen and oxygen atoms in total. The summed E-state index contributed by atoms with van der Waals surface area (Å²) in [5.41, 5.74) is 5.88. The Labute approximate surface area is 88.8 Å². The predicted octanol–water partition coefficient (Wildman–Crippen LogP) is -0.0962. The molecule has 0 aliphatic carbocycles. The molecule has 0 bridgehead atoms. The smallest absolute Gasteiger partial charge is 0.222 e. The molecule has 0 spiro atoms. The maximum absolute atomic E-state index is 11.0. The van der Waals surface area contributed by atoms with E-state index in [-0.39, 0.29) is 11.8 Å². The molecule has 0 fully saturated rings. The quantitative estimate of drug-likeness (QED) is 0.749. The number of rotatable bonds is 4. The van der Waals surface area contributed by atoms with Gasteiger partial charge in [0.05, 0.1) is 23.8 Å². The fraction of sp³-hybridized carbons (Fsp3) is 0.500. The van der Waals surface area contributed by atoms with Crippen molar-refractivity contribution in [3.63, 3.8) is 0 Å². The van der Waals surface area contributed by atoms with Crippen LogP contribution in [0, 0.1) is 0 Å². The molecule has 0 radical (unpaired) electrons. The standard InChI is InChI=1S/C8H14N4O2S/c1-6(5-15(2,13)14)12-8-10-3-7(9)4-11-8/h3-4,6H,5,9H2,1-2H3,(H,10,11,12)/t6-/m1/s1. The van der Waals surface area contributed by atoms with E-state index in [4.69, 9.17) is 5.73 Å². The minimum atomic E-state index is -2.99. The van der Waals surface area contributed by atoms with E-state index in [1.165, 1.54) is 18.6 Å². The van der Waals surface area contributed by atoms with Gasteiger partial charge in [-0.2, -0.15) is 0 Å². The van der Waals surface area contributed by atoms with Crippen LogP contribution in [0.4, 0.5) is 11.6 Å². The van der Waals surface area contributed by atoms with Crippen LogP contribution in [0.1, 0.15) is 6.92 Å². The third kappa shape index (κ3) is 4.59. The molecule has 0 unspecified atom stereocenters. The minimum Gasteiger partial charge on any atom is -0.396 e. The second-order valence-corrected chi connectivity index (χ2v) is 5.66. The van der Waals surface area contributed by atoms with Crippen molar-refractivity contribution in [2.45, 2.75) is 13.0 Å². The second-order valence-electron chi connectivity index (χ2n) is 3.48. The van der Waals surface area contributed by atoms with Gasteiger partial charge in [-0.25, -0.2) is 18.4 Å². The molecule has 1 aromatic heterocycles. The fourth-order valence-corrected chi connectivity index (χ4v) is 2.12. The molecule has 0 amide bonds. The van der Waals surface area contributed by atoms with E-state index in [0.717, 1.165) is 0 Å². The number of nitrogens with two attached hydrogens (primary N) is 1. The molecule has 84 valence electrons. The van der Waals surface area contributed by atoms with Gasteiger partial charge in [-0.15, -0.1) is 0 Å². The average Bonchev–Trinajstić information content (AvgIpc) is 2.05. The number of nitrogen functional groups attached to an aromatic ring is 1. The Morgan fingerprint density at radius 3 is 2.47 bits per heavy atom. The molecule has 15 heavy (non-hydrogen) atoms. The van der Waals surface area contributed by atoms with Crippen LogP contribution in [0.2, 0.25) is 0 Å². The van der Waals surface area contributed by atoms with Crippen LogP contribution in [0.25, 0.3) is 0 Å².